The van der Waals surface area contributed by atoms with E-state index >= 15 is 0 Å². The van der Waals surface area contributed by atoms with Crippen LogP contribution in [0.25, 0.3) is 0 Å². The Balaban J connectivity index is 1.39. The van der Waals surface area contributed by atoms with E-state index in [9.17, 15) is 8.42 Å². The molecule has 0 spiro atoms. The summed E-state index contributed by atoms with van der Waals surface area (Å²) in [5, 5.41) is 0. The fourth-order valence-electron chi connectivity index (χ4n) is 3.34. The lowest BCUT2D eigenvalue weighted by molar-refractivity contribution is 0.0638. The van der Waals surface area contributed by atoms with Gasteiger partial charge < -0.3 is 9.64 Å². The highest BCUT2D eigenvalue weighted by Gasteiger charge is 2.26. The molecule has 134 valence electrons. The summed E-state index contributed by atoms with van der Waals surface area (Å²) in [4.78, 5) is 2.39. The summed E-state index contributed by atoms with van der Waals surface area (Å²) in [6.07, 6.45) is 4.37. The standard InChI is InChI=1S/C17H27N3O3S/c21-24(22,18-13-15-5-2-1-3-6-15)19-16-8-10-20(11-9-16)14-17-7-4-12-23-17/h1-3,5-6,16-19H,4,7-14H2/t17-/m0/s1. The van der Waals surface area contributed by atoms with Crippen molar-refractivity contribution in [1.29, 1.82) is 0 Å². The monoisotopic (exact) mass is 353 g/mol. The Labute approximate surface area is 144 Å². The molecule has 2 heterocycles. The number of piperidine rings is 1. The van der Waals surface area contributed by atoms with Crippen molar-refractivity contribution in [2.75, 3.05) is 26.2 Å². The first-order valence-corrected chi connectivity index (χ1v) is 10.2. The van der Waals surface area contributed by atoms with Crippen LogP contribution in [-0.4, -0.2) is 51.7 Å². The first kappa shape index (κ1) is 17.8. The molecule has 2 fully saturated rings. The van der Waals surface area contributed by atoms with Crippen molar-refractivity contribution < 1.29 is 13.2 Å². The summed E-state index contributed by atoms with van der Waals surface area (Å²) in [6.45, 7) is 4.02. The molecule has 0 unspecified atom stereocenters. The normalized spacial score (nSPS) is 23.6. The van der Waals surface area contributed by atoms with Crippen LogP contribution in [0.15, 0.2) is 30.3 Å². The van der Waals surface area contributed by atoms with E-state index < -0.39 is 10.2 Å². The smallest absolute Gasteiger partial charge is 0.277 e. The molecule has 2 aliphatic heterocycles. The first-order chi connectivity index (χ1) is 11.6. The van der Waals surface area contributed by atoms with Gasteiger partial charge in [-0.1, -0.05) is 30.3 Å². The van der Waals surface area contributed by atoms with Gasteiger partial charge in [0.15, 0.2) is 0 Å². The van der Waals surface area contributed by atoms with Gasteiger partial charge in [-0.25, -0.2) is 0 Å². The molecule has 3 rings (SSSR count). The van der Waals surface area contributed by atoms with Gasteiger partial charge >= 0.3 is 0 Å². The molecule has 2 saturated heterocycles. The fourth-order valence-corrected chi connectivity index (χ4v) is 4.46. The van der Waals surface area contributed by atoms with E-state index in [0.29, 0.717) is 12.6 Å². The highest BCUT2D eigenvalue weighted by Crippen LogP contribution is 2.17. The molecule has 7 heteroatoms. The van der Waals surface area contributed by atoms with Gasteiger partial charge in [0.05, 0.1) is 6.10 Å². The van der Waals surface area contributed by atoms with Crippen LogP contribution in [0.4, 0.5) is 0 Å². The van der Waals surface area contributed by atoms with Crippen LogP contribution < -0.4 is 9.44 Å². The van der Waals surface area contributed by atoms with Crippen LogP contribution in [0, 0.1) is 0 Å². The summed E-state index contributed by atoms with van der Waals surface area (Å²) in [5.74, 6) is 0. The highest BCUT2D eigenvalue weighted by molar-refractivity contribution is 7.87. The third-order valence-corrected chi connectivity index (χ3v) is 5.87. The van der Waals surface area contributed by atoms with Crippen LogP contribution in [0.3, 0.4) is 0 Å². The van der Waals surface area contributed by atoms with E-state index in [1.807, 2.05) is 30.3 Å². The second kappa shape index (κ2) is 8.40. The molecule has 0 aromatic heterocycles. The molecular formula is C17H27N3O3S. The third-order valence-electron chi connectivity index (χ3n) is 4.70. The Morgan fingerprint density at radius 1 is 1.12 bits per heavy atom. The van der Waals surface area contributed by atoms with E-state index in [1.54, 1.807) is 0 Å². The van der Waals surface area contributed by atoms with Gasteiger partial charge in [-0.2, -0.15) is 17.9 Å². The highest BCUT2D eigenvalue weighted by atomic mass is 32.2. The van der Waals surface area contributed by atoms with Crippen molar-refractivity contribution >= 4 is 10.2 Å². The van der Waals surface area contributed by atoms with Crippen LogP contribution in [-0.2, 0) is 21.5 Å². The number of hydrogen-bond acceptors (Lipinski definition) is 4. The minimum atomic E-state index is -3.46. The summed E-state index contributed by atoms with van der Waals surface area (Å²) in [6, 6.07) is 9.56. The molecule has 24 heavy (non-hydrogen) atoms. The average molecular weight is 353 g/mol. The predicted octanol–water partition coefficient (Wildman–Crippen LogP) is 1.25. The van der Waals surface area contributed by atoms with Gasteiger partial charge in [0, 0.05) is 25.7 Å². The number of nitrogens with one attached hydrogen (secondary N) is 2. The van der Waals surface area contributed by atoms with Crippen molar-refractivity contribution in [3.63, 3.8) is 0 Å². The zero-order valence-corrected chi connectivity index (χ0v) is 14.8. The maximum absolute atomic E-state index is 12.2. The third kappa shape index (κ3) is 5.53. The molecule has 0 radical (unpaired) electrons. The quantitative estimate of drug-likeness (QED) is 0.774. The molecule has 6 nitrogen and oxygen atoms in total. The van der Waals surface area contributed by atoms with E-state index in [1.165, 1.54) is 0 Å². The van der Waals surface area contributed by atoms with E-state index in [2.05, 4.69) is 14.3 Å². The van der Waals surface area contributed by atoms with E-state index in [-0.39, 0.29) is 6.04 Å². The van der Waals surface area contributed by atoms with Crippen molar-refractivity contribution in [1.82, 2.24) is 14.3 Å². The number of hydrogen-bond donors (Lipinski definition) is 2. The molecule has 0 saturated carbocycles. The Kier molecular flexibility index (Phi) is 6.24. The Hall–Kier alpha value is -0.990. The molecule has 0 amide bonds. The number of ether oxygens (including phenoxy) is 1. The zero-order valence-electron chi connectivity index (χ0n) is 14.0. The van der Waals surface area contributed by atoms with Crippen LogP contribution >= 0.6 is 0 Å². The fraction of sp³-hybridized carbons (Fsp3) is 0.647. The van der Waals surface area contributed by atoms with Crippen molar-refractivity contribution in [2.24, 2.45) is 0 Å². The summed E-state index contributed by atoms with van der Waals surface area (Å²) in [7, 11) is -3.46. The van der Waals surface area contributed by atoms with Crippen molar-refractivity contribution in [2.45, 2.75) is 44.4 Å². The number of rotatable bonds is 7. The summed E-state index contributed by atoms with van der Waals surface area (Å²) >= 11 is 0. The molecule has 0 aliphatic carbocycles. The lowest BCUT2D eigenvalue weighted by Gasteiger charge is -2.33. The molecule has 1 aromatic rings. The van der Waals surface area contributed by atoms with E-state index in [4.69, 9.17) is 4.74 Å². The van der Waals surface area contributed by atoms with Gasteiger partial charge in [-0.3, -0.25) is 0 Å². The number of likely N-dealkylation sites (tertiary alicyclic amines) is 1. The Morgan fingerprint density at radius 3 is 2.54 bits per heavy atom. The Morgan fingerprint density at radius 2 is 1.88 bits per heavy atom. The van der Waals surface area contributed by atoms with Crippen LogP contribution in [0.5, 0.6) is 0 Å². The molecular weight excluding hydrogens is 326 g/mol. The van der Waals surface area contributed by atoms with E-state index in [0.717, 1.165) is 57.5 Å². The zero-order chi connectivity index (χ0) is 16.8. The lowest BCUT2D eigenvalue weighted by Crippen LogP contribution is -2.49. The summed E-state index contributed by atoms with van der Waals surface area (Å²) in [5.41, 5.74) is 0.953. The lowest BCUT2D eigenvalue weighted by atomic mass is 10.1. The first-order valence-electron chi connectivity index (χ1n) is 8.75. The minimum absolute atomic E-state index is 0.0130. The molecule has 2 aliphatic rings. The molecule has 1 aromatic carbocycles. The minimum Gasteiger partial charge on any atom is -0.377 e. The second-order valence-corrected chi connectivity index (χ2v) is 8.17. The topological polar surface area (TPSA) is 70.7 Å². The number of benzene rings is 1. The van der Waals surface area contributed by atoms with Crippen LogP contribution in [0.1, 0.15) is 31.2 Å². The maximum Gasteiger partial charge on any atom is 0.277 e. The predicted molar refractivity (Wildman–Crippen MR) is 93.8 cm³/mol. The maximum atomic E-state index is 12.2. The second-order valence-electron chi connectivity index (χ2n) is 6.64. The van der Waals surface area contributed by atoms with Gasteiger partial charge in [0.2, 0.25) is 0 Å². The molecule has 1 atom stereocenters. The Bertz CT molecular complexity index is 595. The average Bonchev–Trinajstić information content (AvgIpc) is 3.09. The van der Waals surface area contributed by atoms with Gasteiger partial charge in [0.1, 0.15) is 0 Å². The molecule has 0 bridgehead atoms. The largest absolute Gasteiger partial charge is 0.377 e. The SMILES string of the molecule is O=S(=O)(NCc1ccccc1)NC1CCN(C[C@@H]2CCCO2)CC1. The molecule has 2 N–H and O–H groups in total. The van der Waals surface area contributed by atoms with Gasteiger partial charge in [-0.15, -0.1) is 0 Å². The number of nitrogens with zero attached hydrogens (tertiary/aromatic N) is 1. The summed E-state index contributed by atoms with van der Waals surface area (Å²) < 4.78 is 35.4. The van der Waals surface area contributed by atoms with Crippen LogP contribution in [0.2, 0.25) is 0 Å². The van der Waals surface area contributed by atoms with Crippen molar-refractivity contribution in [3.8, 4) is 0 Å². The van der Waals surface area contributed by atoms with Crippen molar-refractivity contribution in [3.05, 3.63) is 35.9 Å². The van der Waals surface area contributed by atoms with Gasteiger partial charge in [0.25, 0.3) is 10.2 Å². The van der Waals surface area contributed by atoms with Gasteiger partial charge in [-0.05, 0) is 44.3 Å².